The Morgan fingerprint density at radius 2 is 1.86 bits per heavy atom. The summed E-state index contributed by atoms with van der Waals surface area (Å²) in [5.41, 5.74) is 1.19. The Kier molecular flexibility index (Phi) is 5.64. The van der Waals surface area contributed by atoms with E-state index in [4.69, 9.17) is 0 Å². The lowest BCUT2D eigenvalue weighted by molar-refractivity contribution is -0.122. The number of amides is 1. The van der Waals surface area contributed by atoms with Crippen molar-refractivity contribution in [1.82, 2.24) is 20.3 Å². The molecule has 4 rings (SSSR count). The van der Waals surface area contributed by atoms with E-state index in [9.17, 15) is 14.0 Å². The van der Waals surface area contributed by atoms with Crippen molar-refractivity contribution >= 4 is 16.8 Å². The number of carbonyl (C=O) groups is 1. The van der Waals surface area contributed by atoms with Crippen LogP contribution in [0.15, 0.2) is 53.3 Å². The fourth-order valence-electron chi connectivity index (χ4n) is 4.06. The van der Waals surface area contributed by atoms with Crippen LogP contribution in [-0.2, 0) is 11.3 Å². The van der Waals surface area contributed by atoms with Crippen LogP contribution in [0.2, 0.25) is 0 Å². The number of hydrogen-bond acceptors (Lipinski definition) is 4. The smallest absolute Gasteiger partial charge is 0.277 e. The molecule has 1 aliphatic carbocycles. The van der Waals surface area contributed by atoms with Gasteiger partial charge >= 0.3 is 0 Å². The number of aromatic nitrogens is 3. The van der Waals surface area contributed by atoms with Crippen LogP contribution in [0.25, 0.3) is 10.9 Å². The fraction of sp³-hybridized carbons (Fsp3) is 0.364. The summed E-state index contributed by atoms with van der Waals surface area (Å²) < 4.78 is 14.5. The highest BCUT2D eigenvalue weighted by Crippen LogP contribution is 2.35. The first-order valence-electron chi connectivity index (χ1n) is 9.99. The molecule has 7 heteroatoms. The number of carbonyl (C=O) groups excluding carboxylic acids is 1. The predicted octanol–water partition coefficient (Wildman–Crippen LogP) is 3.37. The van der Waals surface area contributed by atoms with Crippen LogP contribution in [-0.4, -0.2) is 20.9 Å². The molecule has 1 saturated carbocycles. The first-order chi connectivity index (χ1) is 14.1. The third-order valence-electron chi connectivity index (χ3n) is 5.60. The average molecular weight is 394 g/mol. The molecule has 0 spiro atoms. The van der Waals surface area contributed by atoms with Crippen LogP contribution < -0.4 is 10.9 Å². The Bertz CT molecular complexity index is 1060. The van der Waals surface area contributed by atoms with Gasteiger partial charge in [0.25, 0.3) is 5.56 Å². The number of aryl methyl sites for hydroxylation is 1. The quantitative estimate of drug-likeness (QED) is 0.695. The van der Waals surface area contributed by atoms with Crippen molar-refractivity contribution in [3.05, 3.63) is 70.3 Å². The van der Waals surface area contributed by atoms with Crippen molar-refractivity contribution in [2.75, 3.05) is 0 Å². The Balaban J connectivity index is 1.46. The SMILES string of the molecule is O=C(CCn1nnc2ccccc2c1=O)N[C@H](c1ccc(F)cc1)C1CCCC1. The minimum Gasteiger partial charge on any atom is -0.349 e. The summed E-state index contributed by atoms with van der Waals surface area (Å²) in [6.07, 6.45) is 4.48. The highest BCUT2D eigenvalue weighted by atomic mass is 19.1. The lowest BCUT2D eigenvalue weighted by Crippen LogP contribution is -2.34. The Morgan fingerprint density at radius 1 is 1.14 bits per heavy atom. The van der Waals surface area contributed by atoms with Crippen LogP contribution in [0.1, 0.15) is 43.7 Å². The van der Waals surface area contributed by atoms with Gasteiger partial charge in [0, 0.05) is 6.42 Å². The molecule has 2 aromatic carbocycles. The number of benzene rings is 2. The molecular weight excluding hydrogens is 371 g/mol. The summed E-state index contributed by atoms with van der Waals surface area (Å²) in [6, 6.07) is 13.2. The summed E-state index contributed by atoms with van der Waals surface area (Å²) in [5.74, 6) is -0.111. The van der Waals surface area contributed by atoms with Crippen molar-refractivity contribution in [2.24, 2.45) is 5.92 Å². The van der Waals surface area contributed by atoms with Crippen LogP contribution in [0.4, 0.5) is 4.39 Å². The molecule has 1 amide bonds. The third-order valence-corrected chi connectivity index (χ3v) is 5.60. The number of nitrogens with one attached hydrogen (secondary N) is 1. The van der Waals surface area contributed by atoms with Gasteiger partial charge in [-0.1, -0.05) is 42.3 Å². The van der Waals surface area contributed by atoms with Crippen molar-refractivity contribution in [2.45, 2.75) is 44.7 Å². The maximum Gasteiger partial charge on any atom is 0.277 e. The van der Waals surface area contributed by atoms with Gasteiger partial charge in [0.15, 0.2) is 0 Å². The summed E-state index contributed by atoms with van der Waals surface area (Å²) in [4.78, 5) is 25.2. The molecule has 1 aliphatic rings. The lowest BCUT2D eigenvalue weighted by atomic mass is 9.91. The minimum atomic E-state index is -0.292. The lowest BCUT2D eigenvalue weighted by Gasteiger charge is -2.25. The van der Waals surface area contributed by atoms with Gasteiger partial charge in [-0.15, -0.1) is 5.10 Å². The molecule has 1 fully saturated rings. The number of hydrogen-bond donors (Lipinski definition) is 1. The van der Waals surface area contributed by atoms with Crippen LogP contribution in [0, 0.1) is 11.7 Å². The number of fused-ring (bicyclic) bond motifs is 1. The second-order valence-corrected chi connectivity index (χ2v) is 7.53. The van der Waals surface area contributed by atoms with Crippen molar-refractivity contribution in [3.63, 3.8) is 0 Å². The maximum absolute atomic E-state index is 13.3. The molecule has 1 atom stereocenters. The monoisotopic (exact) mass is 394 g/mol. The number of rotatable bonds is 6. The van der Waals surface area contributed by atoms with E-state index >= 15 is 0 Å². The molecule has 150 valence electrons. The second kappa shape index (κ2) is 8.51. The van der Waals surface area contributed by atoms with E-state index in [1.807, 2.05) is 0 Å². The Hall–Kier alpha value is -3.09. The van der Waals surface area contributed by atoms with Crippen molar-refractivity contribution in [1.29, 1.82) is 0 Å². The van der Waals surface area contributed by atoms with Crippen LogP contribution in [0.5, 0.6) is 0 Å². The van der Waals surface area contributed by atoms with Gasteiger partial charge in [0.1, 0.15) is 11.3 Å². The largest absolute Gasteiger partial charge is 0.349 e. The van der Waals surface area contributed by atoms with E-state index in [1.165, 1.54) is 16.8 Å². The van der Waals surface area contributed by atoms with E-state index in [1.54, 1.807) is 36.4 Å². The highest BCUT2D eigenvalue weighted by Gasteiger charge is 2.27. The normalized spacial score (nSPS) is 15.5. The average Bonchev–Trinajstić information content (AvgIpc) is 3.27. The second-order valence-electron chi connectivity index (χ2n) is 7.53. The Labute approximate surface area is 167 Å². The minimum absolute atomic E-state index is 0.122. The van der Waals surface area contributed by atoms with Gasteiger partial charge in [-0.05, 0) is 48.6 Å². The van der Waals surface area contributed by atoms with E-state index < -0.39 is 0 Å². The van der Waals surface area contributed by atoms with Gasteiger partial charge in [0.05, 0.1) is 18.0 Å². The molecule has 6 nitrogen and oxygen atoms in total. The van der Waals surface area contributed by atoms with E-state index in [-0.39, 0.29) is 36.3 Å². The molecule has 0 aliphatic heterocycles. The molecule has 1 heterocycles. The van der Waals surface area contributed by atoms with Gasteiger partial charge in [-0.3, -0.25) is 9.59 Å². The summed E-state index contributed by atoms with van der Waals surface area (Å²) in [5, 5.41) is 11.6. The summed E-state index contributed by atoms with van der Waals surface area (Å²) in [6.45, 7) is 0.156. The zero-order valence-corrected chi connectivity index (χ0v) is 16.1. The maximum atomic E-state index is 13.3. The molecule has 0 saturated heterocycles. The number of halogens is 1. The van der Waals surface area contributed by atoms with E-state index in [0.717, 1.165) is 31.2 Å². The third kappa shape index (κ3) is 4.34. The van der Waals surface area contributed by atoms with Crippen LogP contribution >= 0.6 is 0 Å². The topological polar surface area (TPSA) is 76.9 Å². The van der Waals surface area contributed by atoms with Crippen molar-refractivity contribution < 1.29 is 9.18 Å². The summed E-state index contributed by atoms with van der Waals surface area (Å²) in [7, 11) is 0. The van der Waals surface area contributed by atoms with Gasteiger partial charge < -0.3 is 5.32 Å². The van der Waals surface area contributed by atoms with E-state index in [0.29, 0.717) is 16.8 Å². The molecule has 29 heavy (non-hydrogen) atoms. The molecule has 3 aromatic rings. The Morgan fingerprint density at radius 3 is 2.62 bits per heavy atom. The van der Waals surface area contributed by atoms with Gasteiger partial charge in [-0.25, -0.2) is 9.07 Å². The molecule has 1 aromatic heterocycles. The predicted molar refractivity (Wildman–Crippen MR) is 108 cm³/mol. The van der Waals surface area contributed by atoms with Gasteiger partial charge in [0.2, 0.25) is 5.91 Å². The zero-order chi connectivity index (χ0) is 20.2. The van der Waals surface area contributed by atoms with Gasteiger partial charge in [-0.2, -0.15) is 0 Å². The van der Waals surface area contributed by atoms with Crippen LogP contribution in [0.3, 0.4) is 0 Å². The molecule has 0 unspecified atom stereocenters. The standard InChI is InChI=1S/C22H23FN4O2/c23-17-11-9-16(10-12-17)21(15-5-1-2-6-15)24-20(28)13-14-27-22(29)18-7-3-4-8-19(18)25-26-27/h3-4,7-12,15,21H,1-2,5-6,13-14H2,(H,24,28)/t21-/m0/s1. The highest BCUT2D eigenvalue weighted by molar-refractivity contribution is 5.77. The molecule has 1 N–H and O–H groups in total. The number of nitrogens with zero attached hydrogens (tertiary/aromatic N) is 3. The fourth-order valence-corrected chi connectivity index (χ4v) is 4.06. The van der Waals surface area contributed by atoms with Crippen molar-refractivity contribution in [3.8, 4) is 0 Å². The first kappa shape index (κ1) is 19.2. The molecule has 0 bridgehead atoms. The van der Waals surface area contributed by atoms with E-state index in [2.05, 4.69) is 15.6 Å². The first-order valence-corrected chi connectivity index (χ1v) is 9.99. The molecule has 0 radical (unpaired) electrons. The molecular formula is C22H23FN4O2. The summed E-state index contributed by atoms with van der Waals surface area (Å²) >= 11 is 0. The zero-order valence-electron chi connectivity index (χ0n) is 16.1.